The summed E-state index contributed by atoms with van der Waals surface area (Å²) in [5.74, 6) is -0.402. The first-order chi connectivity index (χ1) is 8.15. The van der Waals surface area contributed by atoms with Crippen molar-refractivity contribution in [1.29, 1.82) is 0 Å². The molecular formula is C13H11F2NO. The van der Waals surface area contributed by atoms with E-state index in [-0.39, 0.29) is 12.4 Å². The molecule has 0 bridgehead atoms. The second-order valence-electron chi connectivity index (χ2n) is 3.68. The zero-order valence-corrected chi connectivity index (χ0v) is 9.28. The second-order valence-corrected chi connectivity index (χ2v) is 3.68. The fourth-order valence-electron chi connectivity index (χ4n) is 1.40. The van der Waals surface area contributed by atoms with Crippen LogP contribution in [0.3, 0.4) is 0 Å². The van der Waals surface area contributed by atoms with Crippen LogP contribution in [0.5, 0.6) is 5.75 Å². The van der Waals surface area contributed by atoms with Crippen molar-refractivity contribution >= 4 is 0 Å². The lowest BCUT2D eigenvalue weighted by atomic mass is 10.1. The van der Waals surface area contributed by atoms with E-state index in [0.29, 0.717) is 5.75 Å². The van der Waals surface area contributed by atoms with Gasteiger partial charge in [0.05, 0.1) is 6.20 Å². The Kier molecular flexibility index (Phi) is 3.32. The number of pyridine rings is 1. The summed E-state index contributed by atoms with van der Waals surface area (Å²) in [6, 6.07) is 7.21. The molecule has 0 aliphatic rings. The lowest BCUT2D eigenvalue weighted by Crippen LogP contribution is -1.99. The van der Waals surface area contributed by atoms with Crippen LogP contribution in [0.2, 0.25) is 0 Å². The number of hydrogen-bond acceptors (Lipinski definition) is 2. The highest BCUT2D eigenvalue weighted by Crippen LogP contribution is 2.15. The maximum absolute atomic E-state index is 13.0. The average molecular weight is 235 g/mol. The lowest BCUT2D eigenvalue weighted by molar-refractivity contribution is 0.302. The summed E-state index contributed by atoms with van der Waals surface area (Å²) in [6.07, 6.45) is 1.30. The molecule has 0 aliphatic carbocycles. The number of nitrogens with zero attached hydrogens (tertiary/aromatic N) is 1. The molecule has 0 atom stereocenters. The SMILES string of the molecule is Cc1ccc(F)cc1COc1ccc(F)nc1. The summed E-state index contributed by atoms with van der Waals surface area (Å²) in [5, 5.41) is 0. The minimum absolute atomic E-state index is 0.233. The Morgan fingerprint density at radius 2 is 2.00 bits per heavy atom. The molecule has 0 fully saturated rings. The van der Waals surface area contributed by atoms with Gasteiger partial charge in [-0.15, -0.1) is 0 Å². The van der Waals surface area contributed by atoms with Crippen molar-refractivity contribution in [2.45, 2.75) is 13.5 Å². The molecule has 0 N–H and O–H groups in total. The van der Waals surface area contributed by atoms with Gasteiger partial charge in [0.25, 0.3) is 0 Å². The van der Waals surface area contributed by atoms with Gasteiger partial charge in [-0.3, -0.25) is 0 Å². The number of ether oxygens (including phenoxy) is 1. The molecule has 0 spiro atoms. The van der Waals surface area contributed by atoms with Gasteiger partial charge in [-0.25, -0.2) is 9.37 Å². The molecule has 0 amide bonds. The molecule has 1 aromatic heterocycles. The number of hydrogen-bond donors (Lipinski definition) is 0. The molecule has 1 aromatic carbocycles. The summed E-state index contributed by atoms with van der Waals surface area (Å²) >= 11 is 0. The summed E-state index contributed by atoms with van der Waals surface area (Å²) in [4.78, 5) is 3.47. The molecule has 0 saturated carbocycles. The number of aromatic nitrogens is 1. The van der Waals surface area contributed by atoms with Crippen molar-refractivity contribution in [2.75, 3.05) is 0 Å². The molecule has 1 heterocycles. The first-order valence-corrected chi connectivity index (χ1v) is 5.14. The van der Waals surface area contributed by atoms with Crippen LogP contribution in [0.1, 0.15) is 11.1 Å². The average Bonchev–Trinajstić information content (AvgIpc) is 2.32. The molecular weight excluding hydrogens is 224 g/mol. The number of benzene rings is 1. The van der Waals surface area contributed by atoms with Gasteiger partial charge < -0.3 is 4.74 Å². The van der Waals surface area contributed by atoms with Crippen LogP contribution in [0.15, 0.2) is 36.5 Å². The van der Waals surface area contributed by atoms with E-state index in [1.807, 2.05) is 6.92 Å². The molecule has 2 rings (SSSR count). The first kappa shape index (κ1) is 11.5. The normalized spacial score (nSPS) is 10.3. The van der Waals surface area contributed by atoms with Crippen molar-refractivity contribution in [1.82, 2.24) is 4.98 Å². The van der Waals surface area contributed by atoms with Crippen molar-refractivity contribution < 1.29 is 13.5 Å². The Morgan fingerprint density at radius 1 is 1.18 bits per heavy atom. The lowest BCUT2D eigenvalue weighted by Gasteiger charge is -2.08. The highest BCUT2D eigenvalue weighted by atomic mass is 19.1. The Balaban J connectivity index is 2.07. The third-order valence-electron chi connectivity index (χ3n) is 2.41. The Labute approximate surface area is 97.9 Å². The molecule has 17 heavy (non-hydrogen) atoms. The van der Waals surface area contributed by atoms with Crippen molar-refractivity contribution in [3.63, 3.8) is 0 Å². The molecule has 4 heteroatoms. The molecule has 2 aromatic rings. The zero-order valence-electron chi connectivity index (χ0n) is 9.28. The summed E-state index contributed by atoms with van der Waals surface area (Å²) < 4.78 is 30.9. The van der Waals surface area contributed by atoms with Crippen LogP contribution in [-0.2, 0) is 6.61 Å². The van der Waals surface area contributed by atoms with E-state index in [2.05, 4.69) is 4.98 Å². The molecule has 88 valence electrons. The number of aryl methyl sites for hydroxylation is 1. The van der Waals surface area contributed by atoms with Gasteiger partial charge in [0.1, 0.15) is 18.2 Å². The van der Waals surface area contributed by atoms with Crippen LogP contribution in [0.25, 0.3) is 0 Å². The van der Waals surface area contributed by atoms with Crippen LogP contribution in [0.4, 0.5) is 8.78 Å². The third-order valence-corrected chi connectivity index (χ3v) is 2.41. The predicted molar refractivity (Wildman–Crippen MR) is 59.7 cm³/mol. The zero-order chi connectivity index (χ0) is 12.3. The van der Waals surface area contributed by atoms with Gasteiger partial charge >= 0.3 is 0 Å². The van der Waals surface area contributed by atoms with E-state index in [4.69, 9.17) is 4.74 Å². The number of rotatable bonds is 3. The van der Waals surface area contributed by atoms with E-state index in [1.54, 1.807) is 6.07 Å². The fourth-order valence-corrected chi connectivity index (χ4v) is 1.40. The summed E-state index contributed by atoms with van der Waals surface area (Å²) in [7, 11) is 0. The highest BCUT2D eigenvalue weighted by Gasteiger charge is 2.02. The van der Waals surface area contributed by atoms with E-state index < -0.39 is 5.95 Å². The van der Waals surface area contributed by atoms with Crippen molar-refractivity contribution in [3.05, 3.63) is 59.4 Å². The summed E-state index contributed by atoms with van der Waals surface area (Å²) in [6.45, 7) is 2.11. The van der Waals surface area contributed by atoms with Crippen molar-refractivity contribution in [3.8, 4) is 5.75 Å². The molecule has 0 unspecified atom stereocenters. The van der Waals surface area contributed by atoms with E-state index in [0.717, 1.165) is 11.1 Å². The quantitative estimate of drug-likeness (QED) is 0.762. The molecule has 2 nitrogen and oxygen atoms in total. The van der Waals surface area contributed by atoms with Crippen LogP contribution in [0, 0.1) is 18.7 Å². The Hall–Kier alpha value is -1.97. The predicted octanol–water partition coefficient (Wildman–Crippen LogP) is 3.25. The van der Waals surface area contributed by atoms with Gasteiger partial charge in [0.2, 0.25) is 5.95 Å². The monoisotopic (exact) mass is 235 g/mol. The smallest absolute Gasteiger partial charge is 0.213 e. The maximum Gasteiger partial charge on any atom is 0.213 e. The standard InChI is InChI=1S/C13H11F2NO/c1-9-2-3-11(14)6-10(9)8-17-12-4-5-13(15)16-7-12/h2-7H,8H2,1H3. The van der Waals surface area contributed by atoms with Gasteiger partial charge in [0.15, 0.2) is 0 Å². The van der Waals surface area contributed by atoms with Gasteiger partial charge in [-0.2, -0.15) is 4.39 Å². The molecule has 0 aliphatic heterocycles. The van der Waals surface area contributed by atoms with Gasteiger partial charge in [-0.05, 0) is 42.3 Å². The van der Waals surface area contributed by atoms with Crippen LogP contribution in [-0.4, -0.2) is 4.98 Å². The Morgan fingerprint density at radius 3 is 2.71 bits per heavy atom. The van der Waals surface area contributed by atoms with Crippen molar-refractivity contribution in [2.24, 2.45) is 0 Å². The van der Waals surface area contributed by atoms with Gasteiger partial charge in [-0.1, -0.05) is 6.07 Å². The summed E-state index contributed by atoms with van der Waals surface area (Å²) in [5.41, 5.74) is 1.70. The largest absolute Gasteiger partial charge is 0.487 e. The minimum atomic E-state index is -0.556. The topological polar surface area (TPSA) is 22.1 Å². The maximum atomic E-state index is 13.0. The fraction of sp³-hybridized carbons (Fsp3) is 0.154. The van der Waals surface area contributed by atoms with E-state index in [1.165, 1.54) is 30.5 Å². The highest BCUT2D eigenvalue weighted by molar-refractivity contribution is 5.27. The molecule has 0 saturated heterocycles. The van der Waals surface area contributed by atoms with Gasteiger partial charge in [0, 0.05) is 0 Å². The second kappa shape index (κ2) is 4.91. The third kappa shape index (κ3) is 3.00. The van der Waals surface area contributed by atoms with E-state index >= 15 is 0 Å². The first-order valence-electron chi connectivity index (χ1n) is 5.14. The molecule has 0 radical (unpaired) electrons. The van der Waals surface area contributed by atoms with Crippen LogP contribution < -0.4 is 4.74 Å². The minimum Gasteiger partial charge on any atom is -0.487 e. The van der Waals surface area contributed by atoms with Crippen LogP contribution >= 0.6 is 0 Å². The van der Waals surface area contributed by atoms with E-state index in [9.17, 15) is 8.78 Å². The Bertz CT molecular complexity index is 511. The number of halogens is 2.